The van der Waals surface area contributed by atoms with Crippen LogP contribution in [0.3, 0.4) is 0 Å². The number of hydrogen-bond donors (Lipinski definition) is 2. The molecular formula is C10H12N4OS. The molecule has 5 nitrogen and oxygen atoms in total. The Morgan fingerprint density at radius 1 is 1.56 bits per heavy atom. The van der Waals surface area contributed by atoms with Crippen LogP contribution in [0.2, 0.25) is 0 Å². The van der Waals surface area contributed by atoms with Crippen LogP contribution in [0.5, 0.6) is 0 Å². The number of H-pyrrole nitrogens is 1. The Hall–Kier alpha value is -1.69. The zero-order chi connectivity index (χ0) is 11.5. The first-order valence-electron chi connectivity index (χ1n) is 4.86. The molecule has 0 aromatic carbocycles. The zero-order valence-corrected chi connectivity index (χ0v) is 9.89. The fourth-order valence-corrected chi connectivity index (χ4v) is 2.30. The highest BCUT2D eigenvalue weighted by Gasteiger charge is 2.08. The molecule has 16 heavy (non-hydrogen) atoms. The van der Waals surface area contributed by atoms with Gasteiger partial charge in [-0.3, -0.25) is 4.79 Å². The van der Waals surface area contributed by atoms with Crippen LogP contribution in [-0.4, -0.2) is 21.3 Å². The van der Waals surface area contributed by atoms with Gasteiger partial charge in [-0.25, -0.2) is 0 Å². The average molecular weight is 236 g/mol. The molecule has 0 radical (unpaired) electrons. The van der Waals surface area contributed by atoms with Crippen molar-refractivity contribution in [2.75, 3.05) is 0 Å². The Kier molecular flexibility index (Phi) is 3.00. The predicted molar refractivity (Wildman–Crippen MR) is 61.3 cm³/mol. The number of aryl methyl sites for hydroxylation is 2. The lowest BCUT2D eigenvalue weighted by atomic mass is 10.3. The summed E-state index contributed by atoms with van der Waals surface area (Å²) in [6.07, 6.45) is 1.40. The molecule has 0 aliphatic heterocycles. The summed E-state index contributed by atoms with van der Waals surface area (Å²) in [6.45, 7) is 4.67. The van der Waals surface area contributed by atoms with Crippen molar-refractivity contribution in [3.63, 3.8) is 0 Å². The zero-order valence-electron chi connectivity index (χ0n) is 9.07. The quantitative estimate of drug-likeness (QED) is 0.846. The third-order valence-corrected chi connectivity index (χ3v) is 3.44. The molecule has 1 amide bonds. The number of rotatable bonds is 3. The summed E-state index contributed by atoms with van der Waals surface area (Å²) in [4.78, 5) is 14.0. The second kappa shape index (κ2) is 4.44. The van der Waals surface area contributed by atoms with Gasteiger partial charge in [0.05, 0.1) is 12.7 Å². The van der Waals surface area contributed by atoms with Crippen LogP contribution in [0.15, 0.2) is 12.3 Å². The number of amides is 1. The Morgan fingerprint density at radius 2 is 2.38 bits per heavy atom. The molecule has 6 heteroatoms. The van der Waals surface area contributed by atoms with Crippen molar-refractivity contribution in [3.05, 3.63) is 33.3 Å². The van der Waals surface area contributed by atoms with Gasteiger partial charge in [-0.05, 0) is 25.5 Å². The van der Waals surface area contributed by atoms with Crippen molar-refractivity contribution in [2.45, 2.75) is 20.4 Å². The van der Waals surface area contributed by atoms with E-state index in [1.54, 1.807) is 11.3 Å². The van der Waals surface area contributed by atoms with E-state index in [1.165, 1.54) is 16.6 Å². The van der Waals surface area contributed by atoms with Gasteiger partial charge in [0.1, 0.15) is 0 Å². The number of aromatic nitrogens is 3. The second-order valence-corrected chi connectivity index (χ2v) is 4.83. The highest BCUT2D eigenvalue weighted by molar-refractivity contribution is 7.12. The molecule has 0 spiro atoms. The van der Waals surface area contributed by atoms with Crippen molar-refractivity contribution in [2.24, 2.45) is 0 Å². The molecule has 84 valence electrons. The second-order valence-electron chi connectivity index (χ2n) is 3.49. The van der Waals surface area contributed by atoms with E-state index in [0.717, 1.165) is 4.88 Å². The topological polar surface area (TPSA) is 70.7 Å². The number of carbonyl (C=O) groups excluding carboxylic acids is 1. The molecule has 0 aliphatic rings. The molecule has 0 aliphatic carbocycles. The van der Waals surface area contributed by atoms with Crippen molar-refractivity contribution in [3.8, 4) is 0 Å². The Labute approximate surface area is 96.9 Å². The minimum absolute atomic E-state index is 0.211. The van der Waals surface area contributed by atoms with Gasteiger partial charge in [-0.15, -0.1) is 11.3 Å². The fraction of sp³-hybridized carbons (Fsp3) is 0.300. The lowest BCUT2D eigenvalue weighted by molar-refractivity contribution is 0.0946. The summed E-state index contributed by atoms with van der Waals surface area (Å²) >= 11 is 1.70. The third kappa shape index (κ3) is 2.27. The van der Waals surface area contributed by atoms with Crippen molar-refractivity contribution in [1.29, 1.82) is 0 Å². The Bertz CT molecular complexity index is 469. The van der Waals surface area contributed by atoms with Crippen LogP contribution in [0.25, 0.3) is 0 Å². The van der Waals surface area contributed by atoms with Gasteiger partial charge >= 0.3 is 0 Å². The minimum atomic E-state index is -0.211. The first-order valence-corrected chi connectivity index (χ1v) is 5.68. The number of nitrogens with one attached hydrogen (secondary N) is 2. The molecule has 0 atom stereocenters. The monoisotopic (exact) mass is 236 g/mol. The van der Waals surface area contributed by atoms with E-state index < -0.39 is 0 Å². The van der Waals surface area contributed by atoms with Crippen molar-refractivity contribution in [1.82, 2.24) is 20.7 Å². The lowest BCUT2D eigenvalue weighted by Crippen LogP contribution is -2.22. The number of nitrogens with zero attached hydrogens (tertiary/aromatic N) is 2. The number of aromatic amines is 1. The van der Waals surface area contributed by atoms with Gasteiger partial charge in [0.15, 0.2) is 5.69 Å². The van der Waals surface area contributed by atoms with Crippen LogP contribution in [0.1, 0.15) is 25.8 Å². The van der Waals surface area contributed by atoms with E-state index in [4.69, 9.17) is 0 Å². The number of hydrogen-bond acceptors (Lipinski definition) is 4. The van der Waals surface area contributed by atoms with Gasteiger partial charge < -0.3 is 5.32 Å². The SMILES string of the molecule is Cc1cc(CNC(=O)c2cn[nH]n2)sc1C. The van der Waals surface area contributed by atoms with E-state index in [-0.39, 0.29) is 5.91 Å². The highest BCUT2D eigenvalue weighted by atomic mass is 32.1. The minimum Gasteiger partial charge on any atom is -0.346 e. The van der Waals surface area contributed by atoms with Gasteiger partial charge in [0.25, 0.3) is 5.91 Å². The smallest absolute Gasteiger partial charge is 0.273 e. The maximum Gasteiger partial charge on any atom is 0.273 e. The lowest BCUT2D eigenvalue weighted by Gasteiger charge is -1.99. The molecule has 0 unspecified atom stereocenters. The molecule has 2 aromatic rings. The number of carbonyl (C=O) groups is 1. The van der Waals surface area contributed by atoms with E-state index in [9.17, 15) is 4.79 Å². The first kappa shape index (κ1) is 10.8. The summed E-state index contributed by atoms with van der Waals surface area (Å²) in [7, 11) is 0. The standard InChI is InChI=1S/C10H12N4OS/c1-6-3-8(16-7(6)2)4-11-10(15)9-5-12-14-13-9/h3,5H,4H2,1-2H3,(H,11,15)(H,12,13,14). The summed E-state index contributed by atoms with van der Waals surface area (Å²) < 4.78 is 0. The molecule has 2 aromatic heterocycles. The molecular weight excluding hydrogens is 224 g/mol. The van der Waals surface area contributed by atoms with Crippen LogP contribution in [-0.2, 0) is 6.54 Å². The van der Waals surface area contributed by atoms with E-state index >= 15 is 0 Å². The molecule has 0 bridgehead atoms. The molecule has 0 saturated carbocycles. The summed E-state index contributed by atoms with van der Waals surface area (Å²) in [5, 5.41) is 12.5. The largest absolute Gasteiger partial charge is 0.346 e. The highest BCUT2D eigenvalue weighted by Crippen LogP contribution is 2.20. The maximum atomic E-state index is 11.5. The van der Waals surface area contributed by atoms with E-state index in [1.807, 2.05) is 0 Å². The fourth-order valence-electron chi connectivity index (χ4n) is 1.31. The average Bonchev–Trinajstić information content (AvgIpc) is 2.86. The van der Waals surface area contributed by atoms with Crippen molar-refractivity contribution < 1.29 is 4.79 Å². The summed E-state index contributed by atoms with van der Waals surface area (Å²) in [6, 6.07) is 2.09. The van der Waals surface area contributed by atoms with E-state index in [0.29, 0.717) is 12.2 Å². The van der Waals surface area contributed by atoms with E-state index in [2.05, 4.69) is 40.6 Å². The first-order chi connectivity index (χ1) is 7.66. The van der Waals surface area contributed by atoms with Crippen LogP contribution >= 0.6 is 11.3 Å². The Balaban J connectivity index is 1.95. The molecule has 0 fully saturated rings. The van der Waals surface area contributed by atoms with Crippen LogP contribution in [0, 0.1) is 13.8 Å². The van der Waals surface area contributed by atoms with Gasteiger partial charge in [-0.2, -0.15) is 15.4 Å². The normalized spacial score (nSPS) is 10.4. The number of thiophene rings is 1. The third-order valence-electron chi connectivity index (χ3n) is 2.29. The molecule has 2 N–H and O–H groups in total. The van der Waals surface area contributed by atoms with Crippen LogP contribution < -0.4 is 5.32 Å². The van der Waals surface area contributed by atoms with Crippen LogP contribution in [0.4, 0.5) is 0 Å². The van der Waals surface area contributed by atoms with Gasteiger partial charge in [0.2, 0.25) is 0 Å². The molecule has 0 saturated heterocycles. The molecule has 2 heterocycles. The summed E-state index contributed by atoms with van der Waals surface area (Å²) in [5.74, 6) is -0.211. The van der Waals surface area contributed by atoms with Gasteiger partial charge in [-0.1, -0.05) is 0 Å². The predicted octanol–water partition coefficient (Wildman–Crippen LogP) is 1.41. The summed E-state index contributed by atoms with van der Waals surface area (Å²) in [5.41, 5.74) is 1.57. The molecule has 2 rings (SSSR count). The van der Waals surface area contributed by atoms with Gasteiger partial charge in [0, 0.05) is 9.75 Å². The Morgan fingerprint density at radius 3 is 2.94 bits per heavy atom. The maximum absolute atomic E-state index is 11.5. The van der Waals surface area contributed by atoms with Crippen molar-refractivity contribution >= 4 is 17.2 Å².